The lowest BCUT2D eigenvalue weighted by Crippen LogP contribution is -2.47. The molecule has 1 aliphatic carbocycles. The van der Waals surface area contributed by atoms with Crippen LogP contribution in [-0.2, 0) is 4.79 Å². The summed E-state index contributed by atoms with van der Waals surface area (Å²) in [7, 11) is 0. The second kappa shape index (κ2) is 6.53. The molecule has 1 saturated carbocycles. The van der Waals surface area contributed by atoms with Gasteiger partial charge in [-0.25, -0.2) is 0 Å². The molecule has 104 valence electrons. The van der Waals surface area contributed by atoms with Gasteiger partial charge in [0, 0.05) is 18.5 Å². The van der Waals surface area contributed by atoms with E-state index in [0.717, 1.165) is 51.5 Å². The van der Waals surface area contributed by atoms with E-state index < -0.39 is 0 Å². The molecule has 2 rings (SSSR count). The Balaban J connectivity index is 2.00. The van der Waals surface area contributed by atoms with Gasteiger partial charge in [0.2, 0.25) is 5.91 Å². The van der Waals surface area contributed by atoms with Crippen LogP contribution in [0.3, 0.4) is 0 Å². The molecular formula is C14H26N2O2. The molecule has 4 heteroatoms. The number of likely N-dealkylation sites (tertiary alicyclic amines) is 1. The molecule has 1 saturated heterocycles. The van der Waals surface area contributed by atoms with Crippen molar-refractivity contribution in [2.45, 2.75) is 63.5 Å². The molecule has 0 aromatic heterocycles. The van der Waals surface area contributed by atoms with Crippen molar-refractivity contribution in [3.8, 4) is 0 Å². The number of nitrogens with two attached hydrogens (primary N) is 1. The van der Waals surface area contributed by atoms with Crippen LogP contribution < -0.4 is 5.73 Å². The Hall–Kier alpha value is -0.610. The van der Waals surface area contributed by atoms with E-state index in [1.807, 2.05) is 4.90 Å². The van der Waals surface area contributed by atoms with Gasteiger partial charge in [0.15, 0.2) is 0 Å². The first-order valence-corrected chi connectivity index (χ1v) is 7.39. The van der Waals surface area contributed by atoms with Gasteiger partial charge in [-0.1, -0.05) is 19.3 Å². The van der Waals surface area contributed by atoms with Crippen LogP contribution in [0.15, 0.2) is 0 Å². The second-order valence-corrected chi connectivity index (χ2v) is 5.84. The number of amides is 1. The highest BCUT2D eigenvalue weighted by Crippen LogP contribution is 2.27. The SMILES string of the molecule is NC1CCCC(C(=O)N2CCCCCC2CO)C1. The Labute approximate surface area is 110 Å². The summed E-state index contributed by atoms with van der Waals surface area (Å²) in [6.45, 7) is 0.917. The summed E-state index contributed by atoms with van der Waals surface area (Å²) in [5.74, 6) is 0.340. The van der Waals surface area contributed by atoms with Gasteiger partial charge in [-0.15, -0.1) is 0 Å². The molecule has 1 aliphatic heterocycles. The Morgan fingerprint density at radius 3 is 2.72 bits per heavy atom. The van der Waals surface area contributed by atoms with Crippen LogP contribution in [-0.4, -0.2) is 41.1 Å². The number of rotatable bonds is 2. The molecule has 2 fully saturated rings. The molecule has 2 aliphatic rings. The normalized spacial score (nSPS) is 34.1. The molecule has 0 aromatic rings. The van der Waals surface area contributed by atoms with Crippen LogP contribution in [0.25, 0.3) is 0 Å². The third kappa shape index (κ3) is 3.23. The van der Waals surface area contributed by atoms with Gasteiger partial charge in [-0.2, -0.15) is 0 Å². The first-order chi connectivity index (χ1) is 8.72. The van der Waals surface area contributed by atoms with Crippen LogP contribution in [0.2, 0.25) is 0 Å². The number of hydrogen-bond acceptors (Lipinski definition) is 3. The van der Waals surface area contributed by atoms with Crippen molar-refractivity contribution in [1.82, 2.24) is 4.90 Å². The standard InChI is InChI=1S/C14H26N2O2/c15-12-6-4-5-11(9-12)14(18)16-8-3-1-2-7-13(16)10-17/h11-13,17H,1-10,15H2. The van der Waals surface area contributed by atoms with Crippen molar-refractivity contribution in [3.63, 3.8) is 0 Å². The van der Waals surface area contributed by atoms with E-state index >= 15 is 0 Å². The smallest absolute Gasteiger partial charge is 0.226 e. The summed E-state index contributed by atoms with van der Waals surface area (Å²) in [6.07, 6.45) is 8.22. The van der Waals surface area contributed by atoms with E-state index in [9.17, 15) is 9.90 Å². The summed E-state index contributed by atoms with van der Waals surface area (Å²) in [5.41, 5.74) is 5.97. The Bertz CT molecular complexity index is 283. The summed E-state index contributed by atoms with van der Waals surface area (Å²) in [4.78, 5) is 14.5. The van der Waals surface area contributed by atoms with Crippen molar-refractivity contribution in [2.24, 2.45) is 11.7 Å². The molecule has 18 heavy (non-hydrogen) atoms. The fraction of sp³-hybridized carbons (Fsp3) is 0.929. The van der Waals surface area contributed by atoms with Gasteiger partial charge in [-0.05, 0) is 32.1 Å². The van der Waals surface area contributed by atoms with Crippen molar-refractivity contribution < 1.29 is 9.90 Å². The van der Waals surface area contributed by atoms with Crippen molar-refractivity contribution >= 4 is 5.91 Å². The molecule has 1 amide bonds. The fourth-order valence-corrected chi connectivity index (χ4v) is 3.34. The van der Waals surface area contributed by atoms with E-state index in [1.54, 1.807) is 0 Å². The third-order valence-electron chi connectivity index (χ3n) is 4.43. The largest absolute Gasteiger partial charge is 0.394 e. The molecule has 0 radical (unpaired) electrons. The van der Waals surface area contributed by atoms with Gasteiger partial charge in [0.1, 0.15) is 0 Å². The highest BCUT2D eigenvalue weighted by molar-refractivity contribution is 5.79. The molecule has 0 aromatic carbocycles. The molecule has 3 N–H and O–H groups in total. The topological polar surface area (TPSA) is 66.6 Å². The lowest BCUT2D eigenvalue weighted by Gasteiger charge is -2.34. The number of aliphatic hydroxyl groups excluding tert-OH is 1. The summed E-state index contributed by atoms with van der Waals surface area (Å²) in [5, 5.41) is 9.47. The summed E-state index contributed by atoms with van der Waals surface area (Å²) < 4.78 is 0. The van der Waals surface area contributed by atoms with Crippen LogP contribution in [0, 0.1) is 5.92 Å². The Morgan fingerprint density at radius 2 is 2.00 bits per heavy atom. The van der Waals surface area contributed by atoms with E-state index in [-0.39, 0.29) is 30.5 Å². The summed E-state index contributed by atoms with van der Waals surface area (Å²) >= 11 is 0. The monoisotopic (exact) mass is 254 g/mol. The zero-order valence-corrected chi connectivity index (χ0v) is 11.2. The number of carbonyl (C=O) groups excluding carboxylic acids is 1. The van der Waals surface area contributed by atoms with Gasteiger partial charge in [0.05, 0.1) is 12.6 Å². The van der Waals surface area contributed by atoms with Gasteiger partial charge >= 0.3 is 0 Å². The quantitative estimate of drug-likeness (QED) is 0.780. The maximum atomic E-state index is 12.6. The maximum Gasteiger partial charge on any atom is 0.226 e. The van der Waals surface area contributed by atoms with Crippen molar-refractivity contribution in [2.75, 3.05) is 13.2 Å². The van der Waals surface area contributed by atoms with Gasteiger partial charge in [0.25, 0.3) is 0 Å². The molecule has 3 atom stereocenters. The molecular weight excluding hydrogens is 228 g/mol. The highest BCUT2D eigenvalue weighted by Gasteiger charge is 2.32. The number of hydrogen-bond donors (Lipinski definition) is 2. The van der Waals surface area contributed by atoms with Crippen molar-refractivity contribution in [3.05, 3.63) is 0 Å². The molecule has 0 spiro atoms. The highest BCUT2D eigenvalue weighted by atomic mass is 16.3. The maximum absolute atomic E-state index is 12.6. The molecule has 4 nitrogen and oxygen atoms in total. The zero-order chi connectivity index (χ0) is 13.0. The first-order valence-electron chi connectivity index (χ1n) is 7.39. The van der Waals surface area contributed by atoms with Crippen LogP contribution in [0.5, 0.6) is 0 Å². The van der Waals surface area contributed by atoms with Crippen molar-refractivity contribution in [1.29, 1.82) is 0 Å². The number of nitrogens with zero attached hydrogens (tertiary/aromatic N) is 1. The minimum Gasteiger partial charge on any atom is -0.394 e. The second-order valence-electron chi connectivity index (χ2n) is 5.84. The fourth-order valence-electron chi connectivity index (χ4n) is 3.34. The van der Waals surface area contributed by atoms with Crippen LogP contribution in [0.4, 0.5) is 0 Å². The van der Waals surface area contributed by atoms with E-state index in [4.69, 9.17) is 5.73 Å². The Kier molecular flexibility index (Phi) is 5.01. The van der Waals surface area contributed by atoms with Crippen LogP contribution >= 0.6 is 0 Å². The average Bonchev–Trinajstić information content (AvgIpc) is 2.62. The summed E-state index contributed by atoms with van der Waals surface area (Å²) in [6, 6.07) is 0.227. The average molecular weight is 254 g/mol. The lowest BCUT2D eigenvalue weighted by molar-refractivity contribution is -0.140. The molecule has 3 unspecified atom stereocenters. The minimum absolute atomic E-state index is 0.0400. The number of carbonyl (C=O) groups is 1. The predicted molar refractivity (Wildman–Crippen MR) is 71.0 cm³/mol. The third-order valence-corrected chi connectivity index (χ3v) is 4.43. The molecule has 1 heterocycles. The van der Waals surface area contributed by atoms with E-state index in [1.165, 1.54) is 6.42 Å². The van der Waals surface area contributed by atoms with E-state index in [0.29, 0.717) is 0 Å². The van der Waals surface area contributed by atoms with Gasteiger partial charge < -0.3 is 15.7 Å². The number of aliphatic hydroxyl groups is 1. The molecule has 0 bridgehead atoms. The Morgan fingerprint density at radius 1 is 1.17 bits per heavy atom. The van der Waals surface area contributed by atoms with Gasteiger partial charge in [-0.3, -0.25) is 4.79 Å². The predicted octanol–water partition coefficient (Wildman–Crippen LogP) is 1.27. The lowest BCUT2D eigenvalue weighted by atomic mass is 9.85. The van der Waals surface area contributed by atoms with Crippen LogP contribution in [0.1, 0.15) is 51.4 Å². The van der Waals surface area contributed by atoms with E-state index in [2.05, 4.69) is 0 Å². The minimum atomic E-state index is 0.0400. The first kappa shape index (κ1) is 13.8. The zero-order valence-electron chi connectivity index (χ0n) is 11.2.